The van der Waals surface area contributed by atoms with Crippen molar-refractivity contribution in [1.82, 2.24) is 5.32 Å². The number of benzene rings is 1. The van der Waals surface area contributed by atoms with Gasteiger partial charge in [-0.2, -0.15) is 0 Å². The maximum absolute atomic E-state index is 14.0. The van der Waals surface area contributed by atoms with Crippen molar-refractivity contribution in [3.8, 4) is 5.75 Å². The highest BCUT2D eigenvalue weighted by atomic mass is 19.1. The van der Waals surface area contributed by atoms with Gasteiger partial charge in [0.05, 0.1) is 13.7 Å². The number of halogens is 1. The van der Waals surface area contributed by atoms with Crippen LogP contribution in [0.25, 0.3) is 0 Å². The molecule has 0 saturated heterocycles. The van der Waals surface area contributed by atoms with E-state index in [-0.39, 0.29) is 17.9 Å². The van der Waals surface area contributed by atoms with E-state index in [4.69, 9.17) is 9.47 Å². The second-order valence-electron chi connectivity index (χ2n) is 4.69. The molecule has 0 heterocycles. The first-order valence-electron chi connectivity index (χ1n) is 6.71. The monoisotopic (exact) mass is 269 g/mol. The molecule has 0 aliphatic carbocycles. The summed E-state index contributed by atoms with van der Waals surface area (Å²) in [5.41, 5.74) is 0.571. The van der Waals surface area contributed by atoms with Crippen LogP contribution in [0.1, 0.15) is 38.3 Å². The van der Waals surface area contributed by atoms with Gasteiger partial charge in [0.2, 0.25) is 0 Å². The highest BCUT2D eigenvalue weighted by Gasteiger charge is 2.19. The summed E-state index contributed by atoms with van der Waals surface area (Å²) in [6.45, 7) is 4.69. The maximum Gasteiger partial charge on any atom is 0.131 e. The van der Waals surface area contributed by atoms with Gasteiger partial charge < -0.3 is 14.8 Å². The van der Waals surface area contributed by atoms with Gasteiger partial charge >= 0.3 is 0 Å². The van der Waals surface area contributed by atoms with Crippen molar-refractivity contribution >= 4 is 0 Å². The number of hydrogen-bond donors (Lipinski definition) is 1. The minimum atomic E-state index is -0.244. The first kappa shape index (κ1) is 15.9. The highest BCUT2D eigenvalue weighted by Crippen LogP contribution is 2.28. The zero-order valence-corrected chi connectivity index (χ0v) is 12.2. The van der Waals surface area contributed by atoms with Gasteiger partial charge in [-0.25, -0.2) is 4.39 Å². The first-order valence-corrected chi connectivity index (χ1v) is 6.71. The smallest absolute Gasteiger partial charge is 0.131 e. The molecule has 0 spiro atoms. The lowest BCUT2D eigenvalue weighted by atomic mass is 10.0. The van der Waals surface area contributed by atoms with Gasteiger partial charge in [-0.05, 0) is 25.5 Å². The van der Waals surface area contributed by atoms with E-state index >= 15 is 0 Å². The van der Waals surface area contributed by atoms with Crippen molar-refractivity contribution in [3.63, 3.8) is 0 Å². The van der Waals surface area contributed by atoms with Crippen molar-refractivity contribution < 1.29 is 13.9 Å². The maximum atomic E-state index is 14.0. The van der Waals surface area contributed by atoms with Crippen LogP contribution in [0.15, 0.2) is 18.2 Å². The summed E-state index contributed by atoms with van der Waals surface area (Å²) in [7, 11) is 3.24. The van der Waals surface area contributed by atoms with Crippen LogP contribution in [-0.2, 0) is 4.74 Å². The van der Waals surface area contributed by atoms with Gasteiger partial charge in [-0.15, -0.1) is 0 Å². The molecule has 0 radical (unpaired) electrons. The van der Waals surface area contributed by atoms with Crippen LogP contribution in [0.3, 0.4) is 0 Å². The van der Waals surface area contributed by atoms with E-state index in [1.807, 2.05) is 6.92 Å². The largest absolute Gasteiger partial charge is 0.496 e. The Balaban J connectivity index is 2.84. The predicted octanol–water partition coefficient (Wildman–Crippen LogP) is 3.30. The van der Waals surface area contributed by atoms with Crippen molar-refractivity contribution in [2.24, 2.45) is 0 Å². The van der Waals surface area contributed by atoms with Crippen LogP contribution >= 0.6 is 0 Å². The molecule has 2 atom stereocenters. The Morgan fingerprint density at radius 2 is 2.05 bits per heavy atom. The molecule has 0 aliphatic heterocycles. The van der Waals surface area contributed by atoms with Gasteiger partial charge in [0.25, 0.3) is 0 Å². The van der Waals surface area contributed by atoms with Gasteiger partial charge in [-0.1, -0.05) is 19.4 Å². The molecule has 0 fully saturated rings. The fourth-order valence-corrected chi connectivity index (χ4v) is 2.32. The molecule has 1 N–H and O–H groups in total. The molecule has 1 aromatic carbocycles. The molecule has 3 nitrogen and oxygen atoms in total. The molecule has 19 heavy (non-hydrogen) atoms. The lowest BCUT2D eigenvalue weighted by molar-refractivity contribution is 0.156. The van der Waals surface area contributed by atoms with Gasteiger partial charge in [0.15, 0.2) is 0 Å². The van der Waals surface area contributed by atoms with Gasteiger partial charge in [0.1, 0.15) is 11.6 Å². The summed E-state index contributed by atoms with van der Waals surface area (Å²) >= 11 is 0. The molecule has 4 heteroatoms. The average molecular weight is 269 g/mol. The molecule has 108 valence electrons. The molecule has 1 rings (SSSR count). The second-order valence-corrected chi connectivity index (χ2v) is 4.69. The van der Waals surface area contributed by atoms with E-state index in [1.165, 1.54) is 6.07 Å². The fraction of sp³-hybridized carbons (Fsp3) is 0.600. The van der Waals surface area contributed by atoms with Gasteiger partial charge in [-0.3, -0.25) is 0 Å². The molecular formula is C15H24FNO2. The van der Waals surface area contributed by atoms with E-state index in [9.17, 15) is 4.39 Å². The summed E-state index contributed by atoms with van der Waals surface area (Å²) < 4.78 is 24.4. The third kappa shape index (κ3) is 4.48. The zero-order chi connectivity index (χ0) is 14.3. The zero-order valence-electron chi connectivity index (χ0n) is 12.2. The number of rotatable bonds is 8. The molecule has 0 aliphatic rings. The van der Waals surface area contributed by atoms with E-state index in [1.54, 1.807) is 26.4 Å². The predicted molar refractivity (Wildman–Crippen MR) is 75.1 cm³/mol. The molecule has 1 aromatic rings. The van der Waals surface area contributed by atoms with Crippen LogP contribution in [0, 0.1) is 5.82 Å². The quantitative estimate of drug-likeness (QED) is 0.785. The van der Waals surface area contributed by atoms with Gasteiger partial charge in [0, 0.05) is 24.8 Å². The number of nitrogens with one attached hydrogen (secondary N) is 1. The minimum absolute atomic E-state index is 0.122. The summed E-state index contributed by atoms with van der Waals surface area (Å²) in [6.07, 6.45) is 2.05. The lowest BCUT2D eigenvalue weighted by Gasteiger charge is -2.24. The summed E-state index contributed by atoms with van der Waals surface area (Å²) in [5.74, 6) is 0.333. The van der Waals surface area contributed by atoms with E-state index in [0.717, 1.165) is 12.8 Å². The topological polar surface area (TPSA) is 30.5 Å². The van der Waals surface area contributed by atoms with E-state index in [2.05, 4.69) is 12.2 Å². The summed E-state index contributed by atoms with van der Waals surface area (Å²) in [5, 5.41) is 3.41. The second kappa shape index (κ2) is 8.12. The molecule has 2 unspecified atom stereocenters. The standard InChI is InChI=1S/C15H24FNO2/c1-5-7-12(10-18-3)17-11(2)15-13(16)8-6-9-14(15)19-4/h6,8-9,11-12,17H,5,7,10H2,1-4H3. The number of methoxy groups -OCH3 is 2. The molecule has 0 bridgehead atoms. The lowest BCUT2D eigenvalue weighted by Crippen LogP contribution is -2.35. The van der Waals surface area contributed by atoms with E-state index in [0.29, 0.717) is 17.9 Å². The van der Waals surface area contributed by atoms with Crippen LogP contribution < -0.4 is 10.1 Å². The third-order valence-corrected chi connectivity index (χ3v) is 3.16. The summed E-state index contributed by atoms with van der Waals surface area (Å²) in [4.78, 5) is 0. The molecule has 0 aromatic heterocycles. The van der Waals surface area contributed by atoms with E-state index < -0.39 is 0 Å². The Labute approximate surface area is 115 Å². The molecular weight excluding hydrogens is 245 g/mol. The van der Waals surface area contributed by atoms with Crippen molar-refractivity contribution in [3.05, 3.63) is 29.6 Å². The fourth-order valence-electron chi connectivity index (χ4n) is 2.32. The Kier molecular flexibility index (Phi) is 6.81. The Bertz CT molecular complexity index is 378. The van der Waals surface area contributed by atoms with Crippen molar-refractivity contribution in [2.45, 2.75) is 38.8 Å². The Morgan fingerprint density at radius 3 is 2.63 bits per heavy atom. The number of ether oxygens (including phenoxy) is 2. The average Bonchev–Trinajstić information content (AvgIpc) is 2.38. The first-order chi connectivity index (χ1) is 9.13. The minimum Gasteiger partial charge on any atom is -0.496 e. The normalized spacial score (nSPS) is 14.2. The van der Waals surface area contributed by atoms with Crippen LogP contribution in [0.4, 0.5) is 4.39 Å². The third-order valence-electron chi connectivity index (χ3n) is 3.16. The van der Waals surface area contributed by atoms with Crippen molar-refractivity contribution in [2.75, 3.05) is 20.8 Å². The SMILES string of the molecule is CCCC(COC)NC(C)c1c(F)cccc1OC. The highest BCUT2D eigenvalue weighted by molar-refractivity contribution is 5.36. The number of hydrogen-bond acceptors (Lipinski definition) is 3. The van der Waals surface area contributed by atoms with Crippen LogP contribution in [-0.4, -0.2) is 26.9 Å². The summed E-state index contributed by atoms with van der Waals surface area (Å²) in [6, 6.07) is 4.99. The van der Waals surface area contributed by atoms with Crippen molar-refractivity contribution in [1.29, 1.82) is 0 Å². The Hall–Kier alpha value is -1.13. The van der Waals surface area contributed by atoms with Crippen LogP contribution in [0.5, 0.6) is 5.75 Å². The van der Waals surface area contributed by atoms with Crippen LogP contribution in [0.2, 0.25) is 0 Å². The molecule has 0 saturated carbocycles. The Morgan fingerprint density at radius 1 is 1.32 bits per heavy atom. The molecule has 0 amide bonds.